The smallest absolute Gasteiger partial charge is 0.191 e. The van der Waals surface area contributed by atoms with Gasteiger partial charge < -0.3 is 4.74 Å². The van der Waals surface area contributed by atoms with Gasteiger partial charge in [-0.15, -0.1) is 0 Å². The number of ketones is 1. The van der Waals surface area contributed by atoms with E-state index in [-0.39, 0.29) is 17.7 Å². The number of ether oxygens (including phenoxy) is 1. The van der Waals surface area contributed by atoms with E-state index in [1.807, 2.05) is 0 Å². The van der Waals surface area contributed by atoms with Crippen LogP contribution in [0.2, 0.25) is 0 Å². The van der Waals surface area contributed by atoms with Crippen molar-refractivity contribution in [1.29, 1.82) is 0 Å². The summed E-state index contributed by atoms with van der Waals surface area (Å²) in [5.74, 6) is -0.302. The number of aryl methyl sites for hydroxylation is 1. The average molecular weight is 222 g/mol. The molecule has 0 spiro atoms. The van der Waals surface area contributed by atoms with E-state index in [1.165, 1.54) is 12.1 Å². The second-order valence-electron chi connectivity index (χ2n) is 4.18. The highest BCUT2D eigenvalue weighted by molar-refractivity contribution is 5.99. The predicted octanol–water partition coefficient (Wildman–Crippen LogP) is 2.89. The van der Waals surface area contributed by atoms with Crippen LogP contribution in [0.15, 0.2) is 18.2 Å². The molecule has 1 aromatic rings. The number of halogens is 1. The number of Topliss-reactive ketones (excluding diaryl/α,β-unsaturated/α-hetero) is 1. The Balaban J connectivity index is 2.16. The van der Waals surface area contributed by atoms with Crippen molar-refractivity contribution in [3.63, 3.8) is 0 Å². The summed E-state index contributed by atoms with van der Waals surface area (Å²) in [6.07, 6.45) is 2.48. The fourth-order valence-electron chi connectivity index (χ4n) is 1.93. The molecule has 1 unspecified atom stereocenters. The van der Waals surface area contributed by atoms with Crippen LogP contribution in [-0.2, 0) is 4.74 Å². The van der Waals surface area contributed by atoms with Crippen molar-refractivity contribution in [2.24, 2.45) is 0 Å². The minimum atomic E-state index is -0.335. The van der Waals surface area contributed by atoms with Crippen LogP contribution < -0.4 is 0 Å². The van der Waals surface area contributed by atoms with Gasteiger partial charge in [0.25, 0.3) is 0 Å². The topological polar surface area (TPSA) is 26.3 Å². The summed E-state index contributed by atoms with van der Waals surface area (Å²) in [6.45, 7) is 2.31. The van der Waals surface area contributed by atoms with Gasteiger partial charge in [0.1, 0.15) is 11.9 Å². The van der Waals surface area contributed by atoms with E-state index < -0.39 is 0 Å². The fourth-order valence-corrected chi connectivity index (χ4v) is 1.93. The van der Waals surface area contributed by atoms with Crippen molar-refractivity contribution in [2.75, 3.05) is 6.61 Å². The first-order valence-corrected chi connectivity index (χ1v) is 5.60. The van der Waals surface area contributed by atoms with Gasteiger partial charge >= 0.3 is 0 Å². The van der Waals surface area contributed by atoms with E-state index in [9.17, 15) is 9.18 Å². The molecule has 1 aliphatic heterocycles. The number of hydrogen-bond acceptors (Lipinski definition) is 2. The Bertz CT molecular complexity index is 395. The Labute approximate surface area is 94.4 Å². The van der Waals surface area contributed by atoms with Crippen molar-refractivity contribution in [2.45, 2.75) is 32.3 Å². The summed E-state index contributed by atoms with van der Waals surface area (Å²) in [7, 11) is 0. The summed E-state index contributed by atoms with van der Waals surface area (Å²) in [4.78, 5) is 12.0. The molecular weight excluding hydrogens is 207 g/mol. The molecule has 0 amide bonds. The van der Waals surface area contributed by atoms with Gasteiger partial charge in [-0.25, -0.2) is 4.39 Å². The number of carbonyl (C=O) groups excluding carboxylic acids is 1. The van der Waals surface area contributed by atoms with Gasteiger partial charge in [0, 0.05) is 12.2 Å². The lowest BCUT2D eigenvalue weighted by Crippen LogP contribution is -2.28. The lowest BCUT2D eigenvalue weighted by Gasteiger charge is -2.21. The van der Waals surface area contributed by atoms with Crippen LogP contribution in [0.4, 0.5) is 4.39 Å². The Morgan fingerprint density at radius 3 is 2.88 bits per heavy atom. The molecule has 1 saturated heterocycles. The minimum absolute atomic E-state index is 0.0252. The van der Waals surface area contributed by atoms with Crippen molar-refractivity contribution in [3.05, 3.63) is 35.1 Å². The average Bonchev–Trinajstić information content (AvgIpc) is 2.33. The molecule has 0 aliphatic carbocycles. The summed E-state index contributed by atoms with van der Waals surface area (Å²) in [5.41, 5.74) is 1.05. The standard InChI is InChI=1S/C13H15FO2/c1-9-8-10(5-6-11(9)14)13(15)12-4-2-3-7-16-12/h5-6,8,12H,2-4,7H2,1H3. The van der Waals surface area contributed by atoms with Crippen LogP contribution in [0.25, 0.3) is 0 Å². The molecule has 1 atom stereocenters. The Morgan fingerprint density at radius 2 is 2.25 bits per heavy atom. The first kappa shape index (κ1) is 11.3. The summed E-state index contributed by atoms with van der Waals surface area (Å²) < 4.78 is 18.5. The van der Waals surface area contributed by atoms with E-state index in [4.69, 9.17) is 4.74 Å². The van der Waals surface area contributed by atoms with Crippen LogP contribution in [0, 0.1) is 12.7 Å². The van der Waals surface area contributed by atoms with E-state index in [0.717, 1.165) is 19.3 Å². The molecule has 0 aromatic heterocycles. The molecule has 0 N–H and O–H groups in total. The first-order valence-electron chi connectivity index (χ1n) is 5.60. The summed E-state index contributed by atoms with van der Waals surface area (Å²) >= 11 is 0. The number of benzene rings is 1. The maximum absolute atomic E-state index is 13.1. The van der Waals surface area contributed by atoms with Gasteiger partial charge in [0.15, 0.2) is 5.78 Å². The van der Waals surface area contributed by atoms with Gasteiger partial charge in [-0.05, 0) is 49.9 Å². The molecule has 0 radical (unpaired) electrons. The molecule has 0 bridgehead atoms. The molecule has 3 heteroatoms. The molecule has 1 aromatic carbocycles. The Kier molecular flexibility index (Phi) is 3.34. The van der Waals surface area contributed by atoms with Crippen molar-refractivity contribution < 1.29 is 13.9 Å². The summed E-state index contributed by atoms with van der Waals surface area (Å²) in [6, 6.07) is 4.46. The van der Waals surface area contributed by atoms with Crippen LogP contribution >= 0.6 is 0 Å². The van der Waals surface area contributed by atoms with Gasteiger partial charge in [0.2, 0.25) is 0 Å². The zero-order valence-corrected chi connectivity index (χ0v) is 9.33. The van der Waals surface area contributed by atoms with Crippen molar-refractivity contribution >= 4 is 5.78 Å². The van der Waals surface area contributed by atoms with Gasteiger partial charge in [-0.3, -0.25) is 4.79 Å². The third-order valence-corrected chi connectivity index (χ3v) is 2.91. The second-order valence-corrected chi connectivity index (χ2v) is 4.18. The molecule has 2 nitrogen and oxygen atoms in total. The molecule has 86 valence electrons. The van der Waals surface area contributed by atoms with Crippen molar-refractivity contribution in [1.82, 2.24) is 0 Å². The number of hydrogen-bond donors (Lipinski definition) is 0. The quantitative estimate of drug-likeness (QED) is 0.719. The molecule has 1 heterocycles. The van der Waals surface area contributed by atoms with Crippen LogP contribution in [0.3, 0.4) is 0 Å². The second kappa shape index (κ2) is 4.74. The molecule has 1 aliphatic rings. The molecular formula is C13H15FO2. The maximum Gasteiger partial charge on any atom is 0.191 e. The van der Waals surface area contributed by atoms with Gasteiger partial charge in [-0.1, -0.05) is 0 Å². The molecule has 2 rings (SSSR count). The molecule has 1 fully saturated rings. The maximum atomic E-state index is 13.1. The number of carbonyl (C=O) groups is 1. The Morgan fingerprint density at radius 1 is 1.44 bits per heavy atom. The third-order valence-electron chi connectivity index (χ3n) is 2.91. The predicted molar refractivity (Wildman–Crippen MR) is 59.1 cm³/mol. The van der Waals surface area contributed by atoms with E-state index in [2.05, 4.69) is 0 Å². The van der Waals surface area contributed by atoms with Gasteiger partial charge in [0.05, 0.1) is 0 Å². The van der Waals surface area contributed by atoms with Crippen LogP contribution in [0.5, 0.6) is 0 Å². The third kappa shape index (κ3) is 2.30. The normalized spacial score (nSPS) is 20.8. The highest BCUT2D eigenvalue weighted by Crippen LogP contribution is 2.18. The van der Waals surface area contributed by atoms with E-state index in [0.29, 0.717) is 17.7 Å². The monoisotopic (exact) mass is 222 g/mol. The van der Waals surface area contributed by atoms with E-state index in [1.54, 1.807) is 13.0 Å². The Hall–Kier alpha value is -1.22. The first-order chi connectivity index (χ1) is 7.68. The van der Waals surface area contributed by atoms with E-state index >= 15 is 0 Å². The summed E-state index contributed by atoms with van der Waals surface area (Å²) in [5, 5.41) is 0. The molecule has 16 heavy (non-hydrogen) atoms. The fraction of sp³-hybridized carbons (Fsp3) is 0.462. The lowest BCUT2D eigenvalue weighted by atomic mass is 9.98. The zero-order chi connectivity index (χ0) is 11.5. The lowest BCUT2D eigenvalue weighted by molar-refractivity contribution is 0.0186. The highest BCUT2D eigenvalue weighted by Gasteiger charge is 2.23. The number of rotatable bonds is 2. The van der Waals surface area contributed by atoms with Gasteiger partial charge in [-0.2, -0.15) is 0 Å². The molecule has 0 saturated carbocycles. The largest absolute Gasteiger partial charge is 0.370 e. The highest BCUT2D eigenvalue weighted by atomic mass is 19.1. The zero-order valence-electron chi connectivity index (χ0n) is 9.33. The van der Waals surface area contributed by atoms with Crippen LogP contribution in [0.1, 0.15) is 35.2 Å². The minimum Gasteiger partial charge on any atom is -0.370 e. The van der Waals surface area contributed by atoms with Crippen molar-refractivity contribution in [3.8, 4) is 0 Å². The SMILES string of the molecule is Cc1cc(C(=O)C2CCCCO2)ccc1F. The van der Waals surface area contributed by atoms with Crippen LogP contribution in [-0.4, -0.2) is 18.5 Å².